The number of benzene rings is 1. The van der Waals surface area contributed by atoms with Crippen LogP contribution in [0.15, 0.2) is 29.2 Å². The predicted molar refractivity (Wildman–Crippen MR) is 123 cm³/mol. The molecule has 0 aromatic heterocycles. The molecule has 10 heteroatoms. The summed E-state index contributed by atoms with van der Waals surface area (Å²) in [5.74, 6) is -0.228. The van der Waals surface area contributed by atoms with Crippen LogP contribution < -0.4 is 21.1 Å². The summed E-state index contributed by atoms with van der Waals surface area (Å²) in [6.45, 7) is 1.93. The van der Waals surface area contributed by atoms with Gasteiger partial charge in [-0.15, -0.1) is 0 Å². The molecule has 2 amide bonds. The Morgan fingerprint density at radius 3 is 2.34 bits per heavy atom. The van der Waals surface area contributed by atoms with Crippen molar-refractivity contribution >= 4 is 27.5 Å². The molecule has 0 spiro atoms. The third kappa shape index (κ3) is 8.85. The Morgan fingerprint density at radius 2 is 1.72 bits per heavy atom. The van der Waals surface area contributed by atoms with E-state index in [0.717, 1.165) is 12.8 Å². The lowest BCUT2D eigenvalue weighted by atomic mass is 9.84. The minimum atomic E-state index is -3.65. The van der Waals surface area contributed by atoms with Gasteiger partial charge < -0.3 is 21.5 Å². The van der Waals surface area contributed by atoms with Gasteiger partial charge in [0.05, 0.1) is 4.90 Å². The smallest absolute Gasteiger partial charge is 0.250 e. The van der Waals surface area contributed by atoms with Crippen molar-refractivity contribution in [1.29, 1.82) is 0 Å². The number of anilines is 1. The number of nitrogens with one attached hydrogen (secondary N) is 3. The van der Waals surface area contributed by atoms with Gasteiger partial charge in [0.1, 0.15) is 6.10 Å². The summed E-state index contributed by atoms with van der Waals surface area (Å²) in [5.41, 5.74) is 6.55. The number of unbranched alkanes of at least 4 members (excludes halogenated alkanes) is 1. The van der Waals surface area contributed by atoms with Gasteiger partial charge in [-0.3, -0.25) is 9.59 Å². The summed E-state index contributed by atoms with van der Waals surface area (Å²) in [7, 11) is -3.65. The Bertz CT molecular complexity index is 838. The first-order chi connectivity index (χ1) is 15.2. The summed E-state index contributed by atoms with van der Waals surface area (Å²) >= 11 is 0. The molecule has 2 atom stereocenters. The number of nitrogens with two attached hydrogens (primary N) is 1. The molecule has 2 rings (SSSR count). The second-order valence-corrected chi connectivity index (χ2v) is 10.2. The van der Waals surface area contributed by atoms with E-state index < -0.39 is 28.1 Å². The van der Waals surface area contributed by atoms with Crippen LogP contribution in [0.3, 0.4) is 0 Å². The average Bonchev–Trinajstić information content (AvgIpc) is 2.76. The van der Waals surface area contributed by atoms with Crippen LogP contribution in [-0.4, -0.2) is 50.6 Å². The van der Waals surface area contributed by atoms with Crippen molar-refractivity contribution in [3.63, 3.8) is 0 Å². The van der Waals surface area contributed by atoms with Gasteiger partial charge in [0.15, 0.2) is 0 Å². The van der Waals surface area contributed by atoms with Gasteiger partial charge in [0.25, 0.3) is 0 Å². The van der Waals surface area contributed by atoms with Crippen molar-refractivity contribution in [1.82, 2.24) is 10.0 Å². The van der Waals surface area contributed by atoms with E-state index in [1.807, 2.05) is 0 Å². The number of sulfonamides is 1. The minimum absolute atomic E-state index is 0.106. The van der Waals surface area contributed by atoms with Crippen LogP contribution in [0.25, 0.3) is 0 Å². The zero-order valence-electron chi connectivity index (χ0n) is 18.7. The topological polar surface area (TPSA) is 151 Å². The summed E-state index contributed by atoms with van der Waals surface area (Å²) in [6.07, 6.45) is 6.34. The lowest BCUT2D eigenvalue weighted by molar-refractivity contribution is -0.130. The highest BCUT2D eigenvalue weighted by Gasteiger charge is 2.26. The lowest BCUT2D eigenvalue weighted by Gasteiger charge is -2.26. The number of hydrogen-bond acceptors (Lipinski definition) is 6. The maximum atomic E-state index is 12.3. The molecule has 1 unspecified atom stereocenters. The van der Waals surface area contributed by atoms with E-state index in [2.05, 4.69) is 15.4 Å². The monoisotopic (exact) mass is 468 g/mol. The van der Waals surface area contributed by atoms with Crippen LogP contribution in [0, 0.1) is 5.92 Å². The Hall–Kier alpha value is -2.01. The first-order valence-corrected chi connectivity index (χ1v) is 12.8. The Morgan fingerprint density at radius 1 is 1.09 bits per heavy atom. The van der Waals surface area contributed by atoms with Gasteiger partial charge in [0.2, 0.25) is 21.8 Å². The van der Waals surface area contributed by atoms with Crippen molar-refractivity contribution in [2.45, 2.75) is 75.3 Å². The third-order valence-corrected chi connectivity index (χ3v) is 7.16. The molecule has 1 aliphatic rings. The van der Waals surface area contributed by atoms with Crippen LogP contribution in [0.4, 0.5) is 5.69 Å². The number of rotatable bonds is 12. The van der Waals surface area contributed by atoms with Crippen molar-refractivity contribution in [2.75, 3.05) is 18.4 Å². The van der Waals surface area contributed by atoms with E-state index in [1.165, 1.54) is 50.5 Å². The van der Waals surface area contributed by atoms with Crippen LogP contribution in [0.1, 0.15) is 58.3 Å². The molecule has 0 aliphatic heterocycles. The van der Waals surface area contributed by atoms with E-state index in [1.54, 1.807) is 0 Å². The zero-order valence-corrected chi connectivity index (χ0v) is 19.5. The number of carbonyl (C=O) groups excluding carboxylic acids is 2. The van der Waals surface area contributed by atoms with Crippen molar-refractivity contribution in [3.05, 3.63) is 24.3 Å². The van der Waals surface area contributed by atoms with E-state index >= 15 is 0 Å². The number of carbonyl (C=O) groups is 2. The predicted octanol–water partition coefficient (Wildman–Crippen LogP) is 1.48. The van der Waals surface area contributed by atoms with Gasteiger partial charge >= 0.3 is 0 Å². The van der Waals surface area contributed by atoms with Crippen molar-refractivity contribution in [2.24, 2.45) is 11.7 Å². The second-order valence-electron chi connectivity index (χ2n) is 8.45. The fraction of sp³-hybridized carbons (Fsp3) is 0.636. The van der Waals surface area contributed by atoms with Crippen molar-refractivity contribution in [3.8, 4) is 0 Å². The SMILES string of the molecule is CC(=O)Nc1ccc(S(=O)(=O)NCCCCNC(=O)C(O)[C@H](N)CC2CCCCC2)cc1. The molecule has 0 saturated heterocycles. The molecule has 32 heavy (non-hydrogen) atoms. The molecule has 1 fully saturated rings. The Kier molecular flexibility index (Phi) is 10.6. The fourth-order valence-corrected chi connectivity index (χ4v) is 4.98. The first kappa shape index (κ1) is 26.2. The third-order valence-electron chi connectivity index (χ3n) is 5.68. The zero-order chi connectivity index (χ0) is 23.6. The molecule has 1 aliphatic carbocycles. The summed E-state index contributed by atoms with van der Waals surface area (Å²) in [5, 5.41) is 15.4. The first-order valence-electron chi connectivity index (χ1n) is 11.3. The number of amides is 2. The molecule has 0 radical (unpaired) electrons. The van der Waals surface area contributed by atoms with Crippen molar-refractivity contribution < 1.29 is 23.1 Å². The second kappa shape index (κ2) is 12.9. The molecule has 1 saturated carbocycles. The van der Waals surface area contributed by atoms with Crippen LogP contribution >= 0.6 is 0 Å². The van der Waals surface area contributed by atoms with Gasteiger partial charge in [-0.25, -0.2) is 13.1 Å². The molecule has 1 aromatic carbocycles. The minimum Gasteiger partial charge on any atom is -0.382 e. The maximum absolute atomic E-state index is 12.3. The normalized spacial score (nSPS) is 16.8. The van der Waals surface area contributed by atoms with E-state index in [-0.39, 0.29) is 17.3 Å². The van der Waals surface area contributed by atoms with E-state index in [9.17, 15) is 23.1 Å². The van der Waals surface area contributed by atoms with Gasteiger partial charge in [0, 0.05) is 31.7 Å². The molecule has 180 valence electrons. The molecule has 9 nitrogen and oxygen atoms in total. The van der Waals surface area contributed by atoms with E-state index in [0.29, 0.717) is 37.4 Å². The molecular weight excluding hydrogens is 432 g/mol. The Balaban J connectivity index is 1.64. The number of aliphatic hydroxyl groups is 1. The van der Waals surface area contributed by atoms with Crippen LogP contribution in [0.5, 0.6) is 0 Å². The summed E-state index contributed by atoms with van der Waals surface area (Å²) < 4.78 is 27.2. The lowest BCUT2D eigenvalue weighted by Crippen LogP contribution is -2.47. The highest BCUT2D eigenvalue weighted by Crippen LogP contribution is 2.27. The van der Waals surface area contributed by atoms with E-state index in [4.69, 9.17) is 5.73 Å². The molecule has 6 N–H and O–H groups in total. The highest BCUT2D eigenvalue weighted by molar-refractivity contribution is 7.89. The molecule has 1 aromatic rings. The van der Waals surface area contributed by atoms with Gasteiger partial charge in [-0.1, -0.05) is 32.1 Å². The maximum Gasteiger partial charge on any atom is 0.250 e. The largest absolute Gasteiger partial charge is 0.382 e. The summed E-state index contributed by atoms with van der Waals surface area (Å²) in [4.78, 5) is 23.3. The fourth-order valence-electron chi connectivity index (χ4n) is 3.91. The number of hydrogen-bond donors (Lipinski definition) is 5. The van der Waals surface area contributed by atoms with Gasteiger partial charge in [-0.2, -0.15) is 0 Å². The quantitative estimate of drug-likeness (QED) is 0.293. The molecular formula is C22H36N4O5S. The van der Waals surface area contributed by atoms with Gasteiger partial charge in [-0.05, 0) is 49.4 Å². The molecule has 0 bridgehead atoms. The number of aliphatic hydroxyl groups excluding tert-OH is 1. The average molecular weight is 469 g/mol. The van der Waals surface area contributed by atoms with Crippen LogP contribution in [-0.2, 0) is 19.6 Å². The molecule has 0 heterocycles. The summed E-state index contributed by atoms with van der Waals surface area (Å²) in [6, 6.07) is 5.32. The highest BCUT2D eigenvalue weighted by atomic mass is 32.2. The Labute approximate surface area is 190 Å². The van der Waals surface area contributed by atoms with Crippen LogP contribution in [0.2, 0.25) is 0 Å². The standard InChI is InChI=1S/C22H36N4O5S/c1-16(27)26-18-9-11-19(12-10-18)32(30,31)25-14-6-5-13-24-22(29)21(28)20(23)15-17-7-3-2-4-8-17/h9-12,17,20-21,25,28H,2-8,13-15,23H2,1H3,(H,24,29)(H,26,27)/t20-,21?/m1/s1.